The van der Waals surface area contributed by atoms with Crippen molar-refractivity contribution >= 4 is 34.6 Å². The maximum absolute atomic E-state index is 11.8. The van der Waals surface area contributed by atoms with Crippen LogP contribution in [0.3, 0.4) is 0 Å². The van der Waals surface area contributed by atoms with Crippen LogP contribution in [0.15, 0.2) is 18.2 Å². The maximum Gasteiger partial charge on any atom is 0.335 e. The predicted octanol–water partition coefficient (Wildman–Crippen LogP) is 0.854. The molecule has 0 saturated carbocycles. The number of rotatable bonds is 3. The molecule has 1 unspecified atom stereocenters. The van der Waals surface area contributed by atoms with Gasteiger partial charge in [-0.25, -0.2) is 4.79 Å². The van der Waals surface area contributed by atoms with Gasteiger partial charge in [0.1, 0.15) is 11.8 Å². The van der Waals surface area contributed by atoms with E-state index in [0.29, 0.717) is 5.75 Å². The number of nitrogens with one attached hydrogen (secondary N) is 2. The van der Waals surface area contributed by atoms with Gasteiger partial charge in [-0.2, -0.15) is 0 Å². The number of anilines is 1. The number of hydrogen-bond acceptors (Lipinski definition) is 5. The molecule has 1 aliphatic heterocycles. The Hall–Kier alpha value is -2.22. The largest absolute Gasteiger partial charge is 0.506 e. The van der Waals surface area contributed by atoms with E-state index in [2.05, 4.69) is 10.6 Å². The molecular formula is C11H10N2O5S. The third kappa shape index (κ3) is 2.97. The molecule has 2 amide bonds. The number of thioether (sulfide) groups is 1. The Morgan fingerprint density at radius 2 is 2.16 bits per heavy atom. The van der Waals surface area contributed by atoms with E-state index in [0.717, 1.165) is 17.8 Å². The molecule has 1 atom stereocenters. The van der Waals surface area contributed by atoms with Gasteiger partial charge >= 0.3 is 5.97 Å². The molecule has 2 rings (SSSR count). The molecule has 19 heavy (non-hydrogen) atoms. The summed E-state index contributed by atoms with van der Waals surface area (Å²) in [5.41, 5.74) is -0.0611. The maximum atomic E-state index is 11.8. The number of carboxylic acid groups (broad SMARTS) is 1. The molecule has 0 aliphatic carbocycles. The highest BCUT2D eigenvalue weighted by Crippen LogP contribution is 2.25. The number of carboxylic acids is 1. The zero-order chi connectivity index (χ0) is 14.0. The lowest BCUT2D eigenvalue weighted by molar-refractivity contribution is -0.117. The first-order valence-electron chi connectivity index (χ1n) is 5.28. The van der Waals surface area contributed by atoms with Crippen molar-refractivity contribution in [1.29, 1.82) is 0 Å². The Morgan fingerprint density at radius 1 is 1.42 bits per heavy atom. The third-order valence-corrected chi connectivity index (χ3v) is 3.37. The average molecular weight is 282 g/mol. The molecule has 1 aromatic rings. The monoisotopic (exact) mass is 282 g/mol. The van der Waals surface area contributed by atoms with Gasteiger partial charge in [-0.1, -0.05) is 11.8 Å². The van der Waals surface area contributed by atoms with Gasteiger partial charge in [-0.15, -0.1) is 0 Å². The summed E-state index contributed by atoms with van der Waals surface area (Å²) < 4.78 is 0. The molecule has 100 valence electrons. The van der Waals surface area contributed by atoms with Crippen LogP contribution in [-0.2, 0) is 4.79 Å². The van der Waals surface area contributed by atoms with Crippen LogP contribution in [-0.4, -0.2) is 39.1 Å². The van der Waals surface area contributed by atoms with Crippen molar-refractivity contribution in [3.8, 4) is 5.75 Å². The number of phenols is 1. The van der Waals surface area contributed by atoms with Crippen LogP contribution in [0.25, 0.3) is 0 Å². The number of phenolic OH excluding ortho intramolecular Hbond substituents is 1. The normalized spacial score (nSPS) is 17.9. The zero-order valence-corrected chi connectivity index (χ0v) is 10.4. The second-order valence-electron chi connectivity index (χ2n) is 3.82. The van der Waals surface area contributed by atoms with E-state index in [9.17, 15) is 19.5 Å². The van der Waals surface area contributed by atoms with Crippen LogP contribution in [0.5, 0.6) is 5.75 Å². The molecule has 1 saturated heterocycles. The van der Waals surface area contributed by atoms with Gasteiger partial charge in [0, 0.05) is 5.75 Å². The fourth-order valence-corrected chi connectivity index (χ4v) is 2.29. The SMILES string of the molecule is O=C1NC(C(=O)Nc2cc(C(=O)O)ccc2O)CS1. The molecule has 0 spiro atoms. The van der Waals surface area contributed by atoms with Crippen LogP contribution >= 0.6 is 11.8 Å². The first kappa shape index (κ1) is 13.2. The number of carbonyl (C=O) groups is 3. The average Bonchev–Trinajstić information content (AvgIpc) is 2.78. The van der Waals surface area contributed by atoms with Crippen molar-refractivity contribution in [3.63, 3.8) is 0 Å². The summed E-state index contributed by atoms with van der Waals surface area (Å²) in [5, 5.41) is 22.9. The van der Waals surface area contributed by atoms with E-state index >= 15 is 0 Å². The highest BCUT2D eigenvalue weighted by atomic mass is 32.2. The fraction of sp³-hybridized carbons (Fsp3) is 0.182. The number of hydrogen-bond donors (Lipinski definition) is 4. The molecule has 4 N–H and O–H groups in total. The molecule has 1 fully saturated rings. The van der Waals surface area contributed by atoms with Crippen LogP contribution in [0.2, 0.25) is 0 Å². The van der Waals surface area contributed by atoms with E-state index in [1.54, 1.807) is 0 Å². The molecule has 8 heteroatoms. The Kier molecular flexibility index (Phi) is 3.61. The van der Waals surface area contributed by atoms with Crippen molar-refractivity contribution in [2.24, 2.45) is 0 Å². The lowest BCUT2D eigenvalue weighted by atomic mass is 10.2. The number of amides is 2. The second kappa shape index (κ2) is 5.19. The summed E-state index contributed by atoms with van der Waals surface area (Å²) in [7, 11) is 0. The smallest absolute Gasteiger partial charge is 0.335 e. The lowest BCUT2D eigenvalue weighted by Gasteiger charge is -2.11. The first-order chi connectivity index (χ1) is 8.97. The Labute approximate surface area is 112 Å². The van der Waals surface area contributed by atoms with Crippen molar-refractivity contribution in [2.75, 3.05) is 11.1 Å². The van der Waals surface area contributed by atoms with E-state index < -0.39 is 17.9 Å². The van der Waals surface area contributed by atoms with E-state index in [4.69, 9.17) is 5.11 Å². The summed E-state index contributed by atoms with van der Waals surface area (Å²) in [6.45, 7) is 0. The van der Waals surface area contributed by atoms with Gasteiger partial charge in [0.2, 0.25) is 5.91 Å². The van der Waals surface area contributed by atoms with Gasteiger partial charge < -0.3 is 20.8 Å². The molecular weight excluding hydrogens is 272 g/mol. The van der Waals surface area contributed by atoms with E-state index in [1.165, 1.54) is 12.1 Å². The molecule has 0 bridgehead atoms. The number of carbonyl (C=O) groups excluding carboxylic acids is 2. The standard InChI is InChI=1S/C11H10N2O5S/c14-8-2-1-5(10(16)17)3-6(8)12-9(15)7-4-19-11(18)13-7/h1-3,7,14H,4H2,(H,12,15)(H,13,18)(H,16,17). The lowest BCUT2D eigenvalue weighted by Crippen LogP contribution is -2.38. The van der Waals surface area contributed by atoms with Crippen molar-refractivity contribution in [2.45, 2.75) is 6.04 Å². The molecule has 0 aromatic heterocycles. The van der Waals surface area contributed by atoms with E-state index in [1.807, 2.05) is 0 Å². The minimum atomic E-state index is -1.17. The Balaban J connectivity index is 2.14. The zero-order valence-electron chi connectivity index (χ0n) is 9.54. The minimum Gasteiger partial charge on any atom is -0.506 e. The Bertz CT molecular complexity index is 560. The van der Waals surface area contributed by atoms with Crippen molar-refractivity contribution in [1.82, 2.24) is 5.32 Å². The molecule has 7 nitrogen and oxygen atoms in total. The second-order valence-corrected chi connectivity index (χ2v) is 4.81. The van der Waals surface area contributed by atoms with Crippen LogP contribution in [0.4, 0.5) is 10.5 Å². The van der Waals surface area contributed by atoms with Crippen LogP contribution in [0.1, 0.15) is 10.4 Å². The minimum absolute atomic E-state index is 0.00366. The van der Waals surface area contributed by atoms with Gasteiger partial charge in [-0.05, 0) is 18.2 Å². The number of aromatic hydroxyl groups is 1. The van der Waals surface area contributed by atoms with Crippen molar-refractivity contribution in [3.05, 3.63) is 23.8 Å². The van der Waals surface area contributed by atoms with Gasteiger partial charge in [-0.3, -0.25) is 9.59 Å². The van der Waals surface area contributed by atoms with Gasteiger partial charge in [0.25, 0.3) is 5.24 Å². The summed E-state index contributed by atoms with van der Waals surface area (Å²) in [5.74, 6) is -1.61. The summed E-state index contributed by atoms with van der Waals surface area (Å²) in [6.07, 6.45) is 0. The summed E-state index contributed by atoms with van der Waals surface area (Å²) >= 11 is 0.989. The summed E-state index contributed by atoms with van der Waals surface area (Å²) in [4.78, 5) is 33.6. The highest BCUT2D eigenvalue weighted by Gasteiger charge is 2.28. The van der Waals surface area contributed by atoms with Crippen molar-refractivity contribution < 1.29 is 24.6 Å². The summed E-state index contributed by atoms with van der Waals surface area (Å²) in [6, 6.07) is 2.87. The van der Waals surface area contributed by atoms with Crippen LogP contribution in [0, 0.1) is 0 Å². The quantitative estimate of drug-likeness (QED) is 0.611. The number of aromatic carboxylic acids is 1. The van der Waals surface area contributed by atoms with E-state index in [-0.39, 0.29) is 22.2 Å². The Morgan fingerprint density at radius 3 is 2.74 bits per heavy atom. The van der Waals surface area contributed by atoms with Crippen LogP contribution < -0.4 is 10.6 Å². The number of benzene rings is 1. The van der Waals surface area contributed by atoms with Gasteiger partial charge in [0.15, 0.2) is 0 Å². The fourth-order valence-electron chi connectivity index (χ4n) is 1.51. The molecule has 1 aliphatic rings. The molecule has 1 aromatic carbocycles. The van der Waals surface area contributed by atoms with Gasteiger partial charge in [0.05, 0.1) is 11.3 Å². The highest BCUT2D eigenvalue weighted by molar-refractivity contribution is 8.14. The molecule has 0 radical (unpaired) electrons. The first-order valence-corrected chi connectivity index (χ1v) is 6.26. The topological polar surface area (TPSA) is 116 Å². The molecule has 1 heterocycles. The third-order valence-electron chi connectivity index (χ3n) is 2.49. The predicted molar refractivity (Wildman–Crippen MR) is 68.5 cm³/mol.